The number of hydrogen-bond acceptors (Lipinski definition) is 2. The fourth-order valence-corrected chi connectivity index (χ4v) is 1.27. The second-order valence-electron chi connectivity index (χ2n) is 2.80. The van der Waals surface area contributed by atoms with Crippen LogP contribution in [-0.2, 0) is 4.79 Å². The van der Waals surface area contributed by atoms with E-state index in [1.807, 2.05) is 18.9 Å². The van der Waals surface area contributed by atoms with Gasteiger partial charge in [-0.25, -0.2) is 5.01 Å². The van der Waals surface area contributed by atoms with E-state index in [2.05, 4.69) is 13.5 Å². The van der Waals surface area contributed by atoms with Gasteiger partial charge in [0.05, 0.1) is 0 Å². The van der Waals surface area contributed by atoms with Gasteiger partial charge in [0.15, 0.2) is 0 Å². The maximum Gasteiger partial charge on any atom is 0.260 e. The third-order valence-electron chi connectivity index (χ3n) is 1.94. The average molecular weight is 184 g/mol. The molecule has 0 saturated carbocycles. The van der Waals surface area contributed by atoms with Gasteiger partial charge in [-0.3, -0.25) is 9.80 Å². The summed E-state index contributed by atoms with van der Waals surface area (Å²) < 4.78 is 0. The molecule has 1 amide bonds. The zero-order chi connectivity index (χ0) is 10.3. The fraction of sp³-hybridized carbons (Fsp3) is 0.700. The van der Waals surface area contributed by atoms with Crippen molar-refractivity contribution in [1.29, 1.82) is 0 Å². The Bertz CT molecular complexity index is 164. The molecule has 0 aliphatic carbocycles. The van der Waals surface area contributed by atoms with Crippen LogP contribution in [0.1, 0.15) is 27.2 Å². The van der Waals surface area contributed by atoms with Crippen molar-refractivity contribution < 1.29 is 4.79 Å². The van der Waals surface area contributed by atoms with Crippen LogP contribution in [0.15, 0.2) is 12.7 Å². The van der Waals surface area contributed by atoms with Crippen LogP contribution < -0.4 is 0 Å². The average Bonchev–Trinajstić information content (AvgIpc) is 2.17. The van der Waals surface area contributed by atoms with Gasteiger partial charge in [0, 0.05) is 19.6 Å². The molecule has 0 aromatic rings. The van der Waals surface area contributed by atoms with Crippen molar-refractivity contribution >= 4 is 5.91 Å². The predicted octanol–water partition coefficient (Wildman–Crippen LogP) is 1.67. The summed E-state index contributed by atoms with van der Waals surface area (Å²) >= 11 is 0. The largest absolute Gasteiger partial charge is 0.272 e. The Balaban J connectivity index is 4.36. The zero-order valence-electron chi connectivity index (χ0n) is 8.92. The van der Waals surface area contributed by atoms with Crippen LogP contribution in [0, 0.1) is 0 Å². The maximum absolute atomic E-state index is 11.4. The highest BCUT2D eigenvalue weighted by Gasteiger charge is 2.14. The van der Waals surface area contributed by atoms with E-state index in [1.165, 1.54) is 6.08 Å². The summed E-state index contributed by atoms with van der Waals surface area (Å²) in [6.45, 7) is 12.1. The molecule has 0 aliphatic heterocycles. The van der Waals surface area contributed by atoms with Crippen LogP contribution in [0.4, 0.5) is 0 Å². The second-order valence-corrected chi connectivity index (χ2v) is 2.80. The minimum Gasteiger partial charge on any atom is -0.272 e. The Labute approximate surface area is 81.0 Å². The van der Waals surface area contributed by atoms with E-state index in [4.69, 9.17) is 0 Å². The van der Waals surface area contributed by atoms with Gasteiger partial charge in [0.1, 0.15) is 0 Å². The molecule has 0 atom stereocenters. The predicted molar refractivity (Wildman–Crippen MR) is 55.1 cm³/mol. The van der Waals surface area contributed by atoms with Crippen LogP contribution in [0.25, 0.3) is 0 Å². The lowest BCUT2D eigenvalue weighted by atomic mass is 10.4. The van der Waals surface area contributed by atoms with Crippen LogP contribution in [0.2, 0.25) is 0 Å². The lowest BCUT2D eigenvalue weighted by Crippen LogP contribution is -2.46. The van der Waals surface area contributed by atoms with Crippen LogP contribution in [-0.4, -0.2) is 35.6 Å². The molecule has 0 heterocycles. The Morgan fingerprint density at radius 3 is 2.15 bits per heavy atom. The monoisotopic (exact) mass is 184 g/mol. The Kier molecular flexibility index (Phi) is 6.24. The van der Waals surface area contributed by atoms with Crippen molar-refractivity contribution in [2.75, 3.05) is 19.6 Å². The zero-order valence-corrected chi connectivity index (χ0v) is 8.92. The molecule has 0 radical (unpaired) electrons. The lowest BCUT2D eigenvalue weighted by Gasteiger charge is -2.32. The lowest BCUT2D eigenvalue weighted by molar-refractivity contribution is -0.142. The number of carbonyl (C=O) groups is 1. The van der Waals surface area contributed by atoms with Gasteiger partial charge < -0.3 is 0 Å². The Hall–Kier alpha value is -0.830. The third-order valence-corrected chi connectivity index (χ3v) is 1.94. The molecule has 76 valence electrons. The van der Waals surface area contributed by atoms with Gasteiger partial charge in [-0.05, 0) is 12.5 Å². The highest BCUT2D eigenvalue weighted by atomic mass is 16.2. The molecule has 0 fully saturated rings. The molecule has 0 rings (SSSR count). The van der Waals surface area contributed by atoms with Gasteiger partial charge in [0.25, 0.3) is 5.91 Å². The van der Waals surface area contributed by atoms with E-state index >= 15 is 0 Å². The van der Waals surface area contributed by atoms with Gasteiger partial charge in [-0.1, -0.05) is 27.4 Å². The van der Waals surface area contributed by atoms with Crippen molar-refractivity contribution in [3.8, 4) is 0 Å². The van der Waals surface area contributed by atoms with Crippen molar-refractivity contribution in [2.24, 2.45) is 0 Å². The normalized spacial score (nSPS) is 10.2. The van der Waals surface area contributed by atoms with Crippen molar-refractivity contribution in [3.05, 3.63) is 12.7 Å². The summed E-state index contributed by atoms with van der Waals surface area (Å²) in [6.07, 6.45) is 2.34. The maximum atomic E-state index is 11.4. The first kappa shape index (κ1) is 12.2. The Morgan fingerprint density at radius 2 is 1.85 bits per heavy atom. The first-order valence-electron chi connectivity index (χ1n) is 4.89. The molecule has 0 N–H and O–H groups in total. The summed E-state index contributed by atoms with van der Waals surface area (Å²) in [5.41, 5.74) is 0. The molecule has 0 saturated heterocycles. The molecule has 0 aliphatic rings. The van der Waals surface area contributed by atoms with Crippen LogP contribution >= 0.6 is 0 Å². The van der Waals surface area contributed by atoms with E-state index in [9.17, 15) is 4.79 Å². The summed E-state index contributed by atoms with van der Waals surface area (Å²) in [5, 5.41) is 3.78. The van der Waals surface area contributed by atoms with E-state index in [0.717, 1.165) is 26.1 Å². The molecule has 13 heavy (non-hydrogen) atoms. The van der Waals surface area contributed by atoms with Crippen molar-refractivity contribution in [2.45, 2.75) is 27.2 Å². The van der Waals surface area contributed by atoms with E-state index in [0.29, 0.717) is 0 Å². The minimum absolute atomic E-state index is 0.00875. The summed E-state index contributed by atoms with van der Waals surface area (Å²) in [6, 6.07) is 0. The number of carbonyl (C=O) groups excluding carboxylic acids is 1. The molecule has 3 nitrogen and oxygen atoms in total. The molecule has 0 aromatic heterocycles. The molecule has 3 heteroatoms. The van der Waals surface area contributed by atoms with Gasteiger partial charge in [-0.2, -0.15) is 0 Å². The highest BCUT2D eigenvalue weighted by Crippen LogP contribution is 2.00. The summed E-state index contributed by atoms with van der Waals surface area (Å²) in [7, 11) is 0. The van der Waals surface area contributed by atoms with Gasteiger partial charge in [0.2, 0.25) is 0 Å². The second kappa shape index (κ2) is 6.66. The highest BCUT2D eigenvalue weighted by molar-refractivity contribution is 5.86. The molecule has 0 bridgehead atoms. The molecule has 0 unspecified atom stereocenters. The number of nitrogens with zero attached hydrogens (tertiary/aromatic N) is 2. The van der Waals surface area contributed by atoms with Crippen LogP contribution in [0.3, 0.4) is 0 Å². The number of rotatable bonds is 6. The first-order valence-corrected chi connectivity index (χ1v) is 4.89. The Morgan fingerprint density at radius 1 is 1.31 bits per heavy atom. The minimum atomic E-state index is -0.00875. The number of amides is 1. The topological polar surface area (TPSA) is 23.6 Å². The quantitative estimate of drug-likeness (QED) is 0.463. The molecule has 0 spiro atoms. The van der Waals surface area contributed by atoms with Gasteiger partial charge >= 0.3 is 0 Å². The van der Waals surface area contributed by atoms with Crippen molar-refractivity contribution in [3.63, 3.8) is 0 Å². The fourth-order valence-electron chi connectivity index (χ4n) is 1.27. The van der Waals surface area contributed by atoms with Crippen LogP contribution in [0.5, 0.6) is 0 Å². The van der Waals surface area contributed by atoms with E-state index in [1.54, 1.807) is 5.01 Å². The summed E-state index contributed by atoms with van der Waals surface area (Å²) in [5.74, 6) is -0.00875. The van der Waals surface area contributed by atoms with E-state index in [-0.39, 0.29) is 5.91 Å². The number of hydrazine groups is 1. The molecular weight excluding hydrogens is 164 g/mol. The summed E-state index contributed by atoms with van der Waals surface area (Å²) in [4.78, 5) is 11.4. The van der Waals surface area contributed by atoms with Crippen molar-refractivity contribution in [1.82, 2.24) is 10.0 Å². The SMILES string of the molecule is C=CC(=O)N(CCC)N(CC)CC. The standard InChI is InChI=1S/C10H20N2O/c1-5-9-12(10(13)6-2)11(7-3)8-4/h6H,2,5,7-9H2,1,3-4H3. The molecule has 0 aromatic carbocycles. The smallest absolute Gasteiger partial charge is 0.260 e. The van der Waals surface area contributed by atoms with E-state index < -0.39 is 0 Å². The molecular formula is C10H20N2O. The number of hydrogen-bond donors (Lipinski definition) is 0. The third kappa shape index (κ3) is 3.59. The van der Waals surface area contributed by atoms with Gasteiger partial charge in [-0.15, -0.1) is 0 Å². The first-order chi connectivity index (χ1) is 6.21.